The molecule has 0 heterocycles. The van der Waals surface area contributed by atoms with Gasteiger partial charge in [-0.05, 0) is 50.4 Å². The third kappa shape index (κ3) is 9.91. The standard InChI is InChI=1S/C17H31N3S/c1-15(8-11-20-13-17(18)14-21)7-10-19-12-9-16-5-3-2-4-6-16/h2-6,15,17,19-21H,7-14,18H2,1H3/t15?,17-/m1/s1. The zero-order valence-corrected chi connectivity index (χ0v) is 14.1. The van der Waals surface area contributed by atoms with E-state index in [0.717, 1.165) is 44.3 Å². The summed E-state index contributed by atoms with van der Waals surface area (Å²) in [5.74, 6) is 1.49. The molecule has 120 valence electrons. The summed E-state index contributed by atoms with van der Waals surface area (Å²) in [5, 5.41) is 6.93. The molecule has 3 nitrogen and oxygen atoms in total. The monoisotopic (exact) mass is 309 g/mol. The summed E-state index contributed by atoms with van der Waals surface area (Å²) in [4.78, 5) is 0. The van der Waals surface area contributed by atoms with Crippen molar-refractivity contribution in [2.24, 2.45) is 11.7 Å². The number of hydrogen-bond donors (Lipinski definition) is 4. The molecule has 1 aromatic carbocycles. The number of rotatable bonds is 12. The van der Waals surface area contributed by atoms with E-state index < -0.39 is 0 Å². The van der Waals surface area contributed by atoms with E-state index in [9.17, 15) is 0 Å². The molecule has 0 radical (unpaired) electrons. The fourth-order valence-electron chi connectivity index (χ4n) is 2.20. The van der Waals surface area contributed by atoms with Crippen LogP contribution >= 0.6 is 12.6 Å². The van der Waals surface area contributed by atoms with Gasteiger partial charge in [-0.2, -0.15) is 12.6 Å². The van der Waals surface area contributed by atoms with Gasteiger partial charge in [-0.15, -0.1) is 0 Å². The van der Waals surface area contributed by atoms with Crippen molar-refractivity contribution >= 4 is 12.6 Å². The highest BCUT2D eigenvalue weighted by atomic mass is 32.1. The number of thiol groups is 1. The summed E-state index contributed by atoms with van der Waals surface area (Å²) >= 11 is 4.18. The Kier molecular flexibility index (Phi) is 10.6. The van der Waals surface area contributed by atoms with Crippen LogP contribution in [0.2, 0.25) is 0 Å². The first-order valence-electron chi connectivity index (χ1n) is 8.04. The highest BCUT2D eigenvalue weighted by Gasteiger charge is 2.03. The SMILES string of the molecule is CC(CCNCCc1ccccc1)CCNC[C@@H](N)CS. The van der Waals surface area contributed by atoms with E-state index in [1.54, 1.807) is 0 Å². The van der Waals surface area contributed by atoms with Gasteiger partial charge < -0.3 is 16.4 Å². The normalized spacial score (nSPS) is 14.0. The van der Waals surface area contributed by atoms with Crippen molar-refractivity contribution in [3.8, 4) is 0 Å². The fraction of sp³-hybridized carbons (Fsp3) is 0.647. The second-order valence-electron chi connectivity index (χ2n) is 5.81. The molecule has 1 unspecified atom stereocenters. The van der Waals surface area contributed by atoms with Crippen molar-refractivity contribution in [3.63, 3.8) is 0 Å². The van der Waals surface area contributed by atoms with Crippen LogP contribution in [0.4, 0.5) is 0 Å². The van der Waals surface area contributed by atoms with Crippen molar-refractivity contribution in [2.75, 3.05) is 31.9 Å². The number of benzene rings is 1. The highest BCUT2D eigenvalue weighted by Crippen LogP contribution is 2.05. The fourth-order valence-corrected chi connectivity index (χ4v) is 2.32. The van der Waals surface area contributed by atoms with Gasteiger partial charge in [0.1, 0.15) is 0 Å². The lowest BCUT2D eigenvalue weighted by Crippen LogP contribution is -2.36. The molecule has 21 heavy (non-hydrogen) atoms. The molecule has 4 N–H and O–H groups in total. The summed E-state index contributed by atoms with van der Waals surface area (Å²) < 4.78 is 0. The molecular formula is C17H31N3S. The smallest absolute Gasteiger partial charge is 0.0254 e. The van der Waals surface area contributed by atoms with E-state index in [1.165, 1.54) is 18.4 Å². The van der Waals surface area contributed by atoms with Crippen LogP contribution < -0.4 is 16.4 Å². The molecule has 0 saturated carbocycles. The maximum atomic E-state index is 5.80. The van der Waals surface area contributed by atoms with E-state index in [2.05, 4.69) is 60.5 Å². The van der Waals surface area contributed by atoms with E-state index in [1.807, 2.05) is 0 Å². The molecule has 0 aromatic heterocycles. The van der Waals surface area contributed by atoms with Gasteiger partial charge in [0.05, 0.1) is 0 Å². The Morgan fingerprint density at radius 3 is 2.38 bits per heavy atom. The average Bonchev–Trinajstić information content (AvgIpc) is 2.52. The molecule has 0 aliphatic rings. The summed E-state index contributed by atoms with van der Waals surface area (Å²) in [6.45, 7) is 6.40. The minimum Gasteiger partial charge on any atom is -0.326 e. The van der Waals surface area contributed by atoms with Crippen LogP contribution in [0.3, 0.4) is 0 Å². The lowest BCUT2D eigenvalue weighted by molar-refractivity contribution is 0.450. The van der Waals surface area contributed by atoms with E-state index in [0.29, 0.717) is 0 Å². The molecular weight excluding hydrogens is 278 g/mol. The maximum absolute atomic E-state index is 5.80. The Hall–Kier alpha value is -0.550. The number of hydrogen-bond acceptors (Lipinski definition) is 4. The Balaban J connectivity index is 1.92. The van der Waals surface area contributed by atoms with E-state index >= 15 is 0 Å². The van der Waals surface area contributed by atoms with Gasteiger partial charge in [-0.3, -0.25) is 0 Å². The zero-order valence-electron chi connectivity index (χ0n) is 13.2. The first kappa shape index (κ1) is 18.5. The van der Waals surface area contributed by atoms with Gasteiger partial charge in [0.25, 0.3) is 0 Å². The van der Waals surface area contributed by atoms with Crippen LogP contribution in [0.15, 0.2) is 30.3 Å². The van der Waals surface area contributed by atoms with Crippen molar-refractivity contribution in [1.82, 2.24) is 10.6 Å². The summed E-state index contributed by atoms with van der Waals surface area (Å²) in [5.41, 5.74) is 7.21. The van der Waals surface area contributed by atoms with Crippen LogP contribution in [0.1, 0.15) is 25.3 Å². The molecule has 0 bridgehead atoms. The van der Waals surface area contributed by atoms with Gasteiger partial charge >= 0.3 is 0 Å². The van der Waals surface area contributed by atoms with Gasteiger partial charge in [-0.1, -0.05) is 37.3 Å². The molecule has 0 aliphatic carbocycles. The first-order valence-corrected chi connectivity index (χ1v) is 8.67. The number of nitrogens with two attached hydrogens (primary N) is 1. The van der Waals surface area contributed by atoms with Crippen LogP contribution in [-0.2, 0) is 6.42 Å². The molecule has 0 aliphatic heterocycles. The second-order valence-corrected chi connectivity index (χ2v) is 6.18. The Bertz CT molecular complexity index is 345. The average molecular weight is 310 g/mol. The Morgan fingerprint density at radius 2 is 1.71 bits per heavy atom. The second kappa shape index (κ2) is 12.0. The third-order valence-electron chi connectivity index (χ3n) is 3.70. The molecule has 4 heteroatoms. The third-order valence-corrected chi connectivity index (χ3v) is 4.17. The van der Waals surface area contributed by atoms with Crippen molar-refractivity contribution in [1.29, 1.82) is 0 Å². The molecule has 0 spiro atoms. The van der Waals surface area contributed by atoms with Crippen LogP contribution in [0, 0.1) is 5.92 Å². The predicted octanol–water partition coefficient (Wildman–Crippen LogP) is 2.08. The largest absolute Gasteiger partial charge is 0.326 e. The maximum Gasteiger partial charge on any atom is 0.0254 e. The molecule has 1 rings (SSSR count). The van der Waals surface area contributed by atoms with E-state index in [4.69, 9.17) is 5.73 Å². The Morgan fingerprint density at radius 1 is 1.05 bits per heavy atom. The van der Waals surface area contributed by atoms with Gasteiger partial charge in [0, 0.05) is 18.3 Å². The minimum atomic E-state index is 0.170. The molecule has 0 saturated heterocycles. The number of nitrogens with one attached hydrogen (secondary N) is 2. The first-order chi connectivity index (χ1) is 10.2. The summed E-state index contributed by atoms with van der Waals surface area (Å²) in [7, 11) is 0. The lowest BCUT2D eigenvalue weighted by atomic mass is 10.0. The molecule has 2 atom stereocenters. The van der Waals surface area contributed by atoms with Crippen LogP contribution in [0.5, 0.6) is 0 Å². The van der Waals surface area contributed by atoms with Crippen molar-refractivity contribution in [3.05, 3.63) is 35.9 Å². The van der Waals surface area contributed by atoms with E-state index in [-0.39, 0.29) is 6.04 Å². The summed E-state index contributed by atoms with van der Waals surface area (Å²) in [6.07, 6.45) is 3.55. The van der Waals surface area contributed by atoms with Crippen molar-refractivity contribution in [2.45, 2.75) is 32.2 Å². The van der Waals surface area contributed by atoms with Gasteiger partial charge in [0.2, 0.25) is 0 Å². The Labute approximate surface area is 135 Å². The van der Waals surface area contributed by atoms with Gasteiger partial charge in [-0.25, -0.2) is 0 Å². The predicted molar refractivity (Wildman–Crippen MR) is 96.1 cm³/mol. The quantitative estimate of drug-likeness (QED) is 0.353. The molecule has 0 amide bonds. The van der Waals surface area contributed by atoms with Crippen LogP contribution in [-0.4, -0.2) is 38.0 Å². The minimum absolute atomic E-state index is 0.170. The topological polar surface area (TPSA) is 50.1 Å². The van der Waals surface area contributed by atoms with Gasteiger partial charge in [0.15, 0.2) is 0 Å². The van der Waals surface area contributed by atoms with Crippen molar-refractivity contribution < 1.29 is 0 Å². The lowest BCUT2D eigenvalue weighted by Gasteiger charge is -2.14. The molecule has 0 fully saturated rings. The zero-order chi connectivity index (χ0) is 15.3. The summed E-state index contributed by atoms with van der Waals surface area (Å²) in [6, 6.07) is 10.8. The molecule has 1 aromatic rings. The highest BCUT2D eigenvalue weighted by molar-refractivity contribution is 7.80. The van der Waals surface area contributed by atoms with Crippen LogP contribution in [0.25, 0.3) is 0 Å².